The molecule has 4 heteroatoms. The second-order valence-electron chi connectivity index (χ2n) is 6.83. The molecule has 23 heavy (non-hydrogen) atoms. The van der Waals surface area contributed by atoms with Crippen LogP contribution in [0.15, 0.2) is 0 Å². The van der Waals surface area contributed by atoms with Crippen molar-refractivity contribution in [1.29, 1.82) is 0 Å². The minimum absolute atomic E-state index is 0.295. The molecule has 0 amide bonds. The average molecular weight is 326 g/mol. The molecule has 0 radical (unpaired) electrons. The summed E-state index contributed by atoms with van der Waals surface area (Å²) in [6, 6.07) is 0. The third-order valence-corrected chi connectivity index (χ3v) is 4.88. The van der Waals surface area contributed by atoms with Crippen molar-refractivity contribution in [3.8, 4) is 0 Å². The van der Waals surface area contributed by atoms with Crippen LogP contribution >= 0.6 is 0 Å². The summed E-state index contributed by atoms with van der Waals surface area (Å²) in [5.74, 6) is -2.12. The first-order valence-corrected chi connectivity index (χ1v) is 9.56. The van der Waals surface area contributed by atoms with Crippen molar-refractivity contribution < 1.29 is 19.4 Å². The molecule has 0 aromatic carbocycles. The second kappa shape index (κ2) is 12.4. The monoisotopic (exact) mass is 326 g/mol. The van der Waals surface area contributed by atoms with Crippen LogP contribution in [0.2, 0.25) is 0 Å². The molecule has 0 bridgehead atoms. The van der Waals surface area contributed by atoms with Gasteiger partial charge in [-0.15, -0.1) is 0 Å². The Kier molecular flexibility index (Phi) is 10.8. The third kappa shape index (κ3) is 8.38. The lowest BCUT2D eigenvalue weighted by molar-refractivity contribution is -0.159. The molecule has 0 spiro atoms. The zero-order valence-electron chi connectivity index (χ0n) is 14.7. The molecule has 1 N–H and O–H groups in total. The summed E-state index contributed by atoms with van der Waals surface area (Å²) >= 11 is 0. The quantitative estimate of drug-likeness (QED) is 0.407. The molecule has 4 nitrogen and oxygen atoms in total. The van der Waals surface area contributed by atoms with Crippen LogP contribution in [-0.2, 0) is 14.3 Å². The smallest absolute Gasteiger partial charge is 0.309 e. The molecule has 0 aromatic heterocycles. The van der Waals surface area contributed by atoms with Crippen LogP contribution < -0.4 is 0 Å². The van der Waals surface area contributed by atoms with Gasteiger partial charge < -0.3 is 9.84 Å². The van der Waals surface area contributed by atoms with Gasteiger partial charge in [-0.25, -0.2) is 0 Å². The molecule has 1 fully saturated rings. The summed E-state index contributed by atoms with van der Waals surface area (Å²) in [5.41, 5.74) is 0. The van der Waals surface area contributed by atoms with E-state index in [4.69, 9.17) is 4.74 Å². The number of carbonyl (C=O) groups is 2. The first-order chi connectivity index (χ1) is 11.2. The molecule has 1 aliphatic rings. The van der Waals surface area contributed by atoms with Gasteiger partial charge in [-0.2, -0.15) is 0 Å². The van der Waals surface area contributed by atoms with Crippen LogP contribution in [0.25, 0.3) is 0 Å². The molecule has 0 heterocycles. The normalized spacial score (nSPS) is 21.1. The van der Waals surface area contributed by atoms with Crippen molar-refractivity contribution in [1.82, 2.24) is 0 Å². The number of carboxylic acids is 1. The van der Waals surface area contributed by atoms with Crippen LogP contribution in [0, 0.1) is 11.8 Å². The minimum Gasteiger partial charge on any atom is -0.481 e. The van der Waals surface area contributed by atoms with E-state index in [2.05, 4.69) is 6.92 Å². The van der Waals surface area contributed by atoms with E-state index in [1.807, 2.05) is 0 Å². The summed E-state index contributed by atoms with van der Waals surface area (Å²) in [6.07, 6.45) is 14.2. The Labute approximate surface area is 141 Å². The minimum atomic E-state index is -0.852. The van der Waals surface area contributed by atoms with Crippen molar-refractivity contribution >= 4 is 11.9 Å². The standard InChI is InChI=1S/C19H34O4/c1-2-3-4-5-6-7-8-9-12-15-23-19(22)17-14-11-10-13-16(17)18(20)21/h16-17H,2-15H2,1H3,(H,20,21). The zero-order chi connectivity index (χ0) is 16.9. The fourth-order valence-electron chi connectivity index (χ4n) is 3.40. The van der Waals surface area contributed by atoms with Crippen molar-refractivity contribution in [3.05, 3.63) is 0 Å². The second-order valence-corrected chi connectivity index (χ2v) is 6.83. The number of carbonyl (C=O) groups excluding carboxylic acids is 1. The first kappa shape index (κ1) is 20.0. The van der Waals surface area contributed by atoms with E-state index in [1.54, 1.807) is 0 Å². The lowest BCUT2D eigenvalue weighted by Crippen LogP contribution is -2.33. The van der Waals surface area contributed by atoms with Gasteiger partial charge >= 0.3 is 11.9 Å². The SMILES string of the molecule is CCCCCCCCCCCOC(=O)C1CCCCC1C(=O)O. The Morgan fingerprint density at radius 3 is 1.96 bits per heavy atom. The van der Waals surface area contributed by atoms with Gasteiger partial charge in [0, 0.05) is 0 Å². The van der Waals surface area contributed by atoms with E-state index in [0.717, 1.165) is 25.7 Å². The maximum Gasteiger partial charge on any atom is 0.309 e. The highest BCUT2D eigenvalue weighted by molar-refractivity contribution is 5.81. The molecule has 134 valence electrons. The molecule has 1 saturated carbocycles. The van der Waals surface area contributed by atoms with Crippen molar-refractivity contribution in [2.75, 3.05) is 6.61 Å². The lowest BCUT2D eigenvalue weighted by atomic mass is 9.79. The fourth-order valence-corrected chi connectivity index (χ4v) is 3.40. The van der Waals surface area contributed by atoms with E-state index in [1.165, 1.54) is 44.9 Å². The Morgan fingerprint density at radius 1 is 0.870 bits per heavy atom. The number of rotatable bonds is 12. The highest BCUT2D eigenvalue weighted by atomic mass is 16.5. The summed E-state index contributed by atoms with van der Waals surface area (Å²) in [6.45, 7) is 2.67. The van der Waals surface area contributed by atoms with E-state index < -0.39 is 17.8 Å². The van der Waals surface area contributed by atoms with E-state index >= 15 is 0 Å². The van der Waals surface area contributed by atoms with Crippen molar-refractivity contribution in [2.24, 2.45) is 11.8 Å². The van der Waals surface area contributed by atoms with E-state index in [-0.39, 0.29) is 5.97 Å². The molecule has 1 aliphatic carbocycles. The highest BCUT2D eigenvalue weighted by Crippen LogP contribution is 2.31. The Balaban J connectivity index is 2.04. The topological polar surface area (TPSA) is 63.6 Å². The Bertz CT molecular complexity index is 340. The van der Waals surface area contributed by atoms with Crippen molar-refractivity contribution in [2.45, 2.75) is 90.4 Å². The summed E-state index contributed by atoms with van der Waals surface area (Å²) in [4.78, 5) is 23.3. The largest absolute Gasteiger partial charge is 0.481 e. The molecule has 0 aromatic rings. The van der Waals surface area contributed by atoms with Gasteiger partial charge in [0.05, 0.1) is 18.4 Å². The Morgan fingerprint density at radius 2 is 1.39 bits per heavy atom. The molecular weight excluding hydrogens is 292 g/mol. The first-order valence-electron chi connectivity index (χ1n) is 9.56. The molecule has 1 rings (SSSR count). The summed E-state index contributed by atoms with van der Waals surface area (Å²) in [7, 11) is 0. The maximum atomic E-state index is 12.1. The van der Waals surface area contributed by atoms with Gasteiger partial charge in [-0.3, -0.25) is 9.59 Å². The summed E-state index contributed by atoms with van der Waals surface area (Å²) in [5, 5.41) is 9.20. The van der Waals surface area contributed by atoms with Gasteiger partial charge in [-0.1, -0.05) is 71.1 Å². The number of unbranched alkanes of at least 4 members (excludes halogenated alkanes) is 8. The maximum absolute atomic E-state index is 12.1. The van der Waals surface area contributed by atoms with Gasteiger partial charge in [0.2, 0.25) is 0 Å². The van der Waals surface area contributed by atoms with Crippen LogP contribution in [-0.4, -0.2) is 23.7 Å². The molecular formula is C19H34O4. The number of carboxylic acid groups (broad SMARTS) is 1. The van der Waals surface area contributed by atoms with E-state index in [9.17, 15) is 14.7 Å². The Hall–Kier alpha value is -1.06. The average Bonchev–Trinajstić information content (AvgIpc) is 2.56. The zero-order valence-corrected chi connectivity index (χ0v) is 14.7. The molecule has 2 unspecified atom stereocenters. The van der Waals surface area contributed by atoms with E-state index in [0.29, 0.717) is 19.4 Å². The molecule has 2 atom stereocenters. The highest BCUT2D eigenvalue weighted by Gasteiger charge is 2.36. The number of hydrogen-bond acceptors (Lipinski definition) is 3. The van der Waals surface area contributed by atoms with Gasteiger partial charge in [0.1, 0.15) is 0 Å². The van der Waals surface area contributed by atoms with Crippen molar-refractivity contribution in [3.63, 3.8) is 0 Å². The predicted molar refractivity (Wildman–Crippen MR) is 91.3 cm³/mol. The third-order valence-electron chi connectivity index (χ3n) is 4.88. The lowest BCUT2D eigenvalue weighted by Gasteiger charge is -2.26. The number of aliphatic carboxylic acids is 1. The number of esters is 1. The summed E-state index contributed by atoms with van der Waals surface area (Å²) < 4.78 is 5.32. The molecule has 0 aliphatic heterocycles. The van der Waals surface area contributed by atoms with Crippen LogP contribution in [0.3, 0.4) is 0 Å². The van der Waals surface area contributed by atoms with Gasteiger partial charge in [-0.05, 0) is 19.3 Å². The molecule has 0 saturated heterocycles. The van der Waals surface area contributed by atoms with Crippen LogP contribution in [0.5, 0.6) is 0 Å². The predicted octanol–water partition coefficient (Wildman–Crippen LogP) is 4.95. The fraction of sp³-hybridized carbons (Fsp3) is 0.895. The van der Waals surface area contributed by atoms with Gasteiger partial charge in [0.15, 0.2) is 0 Å². The van der Waals surface area contributed by atoms with Crippen LogP contribution in [0.1, 0.15) is 90.4 Å². The van der Waals surface area contributed by atoms with Crippen LogP contribution in [0.4, 0.5) is 0 Å². The van der Waals surface area contributed by atoms with Gasteiger partial charge in [0.25, 0.3) is 0 Å². The number of ether oxygens (including phenoxy) is 1. The number of hydrogen-bond donors (Lipinski definition) is 1.